The average Bonchev–Trinajstić information content (AvgIpc) is 2.96. The molecule has 7 heteroatoms. The summed E-state index contributed by atoms with van der Waals surface area (Å²) in [5.41, 5.74) is 5.61. The molecule has 25 heavy (non-hydrogen) atoms. The summed E-state index contributed by atoms with van der Waals surface area (Å²) < 4.78 is 0. The molecule has 0 aliphatic carbocycles. The zero-order valence-corrected chi connectivity index (χ0v) is 15.3. The van der Waals surface area contributed by atoms with Gasteiger partial charge in [0.25, 0.3) is 5.91 Å². The molecule has 2 aromatic rings. The van der Waals surface area contributed by atoms with Gasteiger partial charge in [-0.3, -0.25) is 14.5 Å². The second-order valence-electron chi connectivity index (χ2n) is 5.62. The van der Waals surface area contributed by atoms with Crippen molar-refractivity contribution >= 4 is 46.0 Å². The van der Waals surface area contributed by atoms with E-state index in [9.17, 15) is 9.59 Å². The fourth-order valence-corrected chi connectivity index (χ4v) is 3.49. The Hall–Kier alpha value is -2.31. The van der Waals surface area contributed by atoms with Gasteiger partial charge in [0.05, 0.1) is 22.0 Å². The molecule has 0 unspecified atom stereocenters. The van der Waals surface area contributed by atoms with Gasteiger partial charge in [0.2, 0.25) is 5.91 Å². The third-order valence-electron chi connectivity index (χ3n) is 3.74. The molecule has 0 aromatic heterocycles. The van der Waals surface area contributed by atoms with Crippen LogP contribution in [0.15, 0.2) is 47.6 Å². The number of aryl methyl sites for hydroxylation is 2. The summed E-state index contributed by atoms with van der Waals surface area (Å²) >= 11 is 7.31. The normalized spacial score (nSPS) is 15.7. The first-order valence-corrected chi connectivity index (χ1v) is 8.99. The lowest BCUT2D eigenvalue weighted by Crippen LogP contribution is -2.32. The third-order valence-corrected chi connectivity index (χ3v) is 5.00. The molecule has 128 valence electrons. The Morgan fingerprint density at radius 3 is 2.76 bits per heavy atom. The number of thioether (sulfide) groups is 1. The maximum absolute atomic E-state index is 12.3. The highest BCUT2D eigenvalue weighted by molar-refractivity contribution is 8.15. The average molecular weight is 374 g/mol. The van der Waals surface area contributed by atoms with Gasteiger partial charge in [-0.15, -0.1) is 5.10 Å². The van der Waals surface area contributed by atoms with E-state index < -0.39 is 5.91 Å². The van der Waals surface area contributed by atoms with E-state index in [0.29, 0.717) is 15.8 Å². The summed E-state index contributed by atoms with van der Waals surface area (Å²) in [5, 5.41) is 4.94. The standard InChI is InChI=1S/C18H16ClN3O2S/c1-11-7-8-12(2)15(9-11)22-16(23)10-25-18(22)21-20-17(24)13-5-3-4-6-14(13)19/h3-9H,10H2,1-2H3,(H,20,24)/b21-18+. The van der Waals surface area contributed by atoms with E-state index in [1.165, 1.54) is 11.8 Å². The van der Waals surface area contributed by atoms with E-state index in [2.05, 4.69) is 10.5 Å². The predicted molar refractivity (Wildman–Crippen MR) is 102 cm³/mol. The van der Waals surface area contributed by atoms with Crippen LogP contribution in [0.2, 0.25) is 5.02 Å². The van der Waals surface area contributed by atoms with Crippen molar-refractivity contribution in [2.75, 3.05) is 10.7 Å². The van der Waals surface area contributed by atoms with E-state index in [4.69, 9.17) is 11.6 Å². The van der Waals surface area contributed by atoms with Crippen LogP contribution >= 0.6 is 23.4 Å². The summed E-state index contributed by atoms with van der Waals surface area (Å²) in [5.74, 6) is -0.197. The number of halogens is 1. The summed E-state index contributed by atoms with van der Waals surface area (Å²) in [7, 11) is 0. The largest absolute Gasteiger partial charge is 0.273 e. The molecule has 0 bridgehead atoms. The second-order valence-corrected chi connectivity index (χ2v) is 6.97. The molecule has 1 heterocycles. The van der Waals surface area contributed by atoms with Crippen molar-refractivity contribution in [3.63, 3.8) is 0 Å². The number of nitrogens with one attached hydrogen (secondary N) is 1. The van der Waals surface area contributed by atoms with Gasteiger partial charge >= 0.3 is 0 Å². The summed E-state index contributed by atoms with van der Waals surface area (Å²) in [6.45, 7) is 3.90. The number of anilines is 1. The Bertz CT molecular complexity index is 882. The quantitative estimate of drug-likeness (QED) is 0.834. The highest BCUT2D eigenvalue weighted by Crippen LogP contribution is 2.30. The second kappa shape index (κ2) is 7.29. The number of nitrogens with zero attached hydrogens (tertiary/aromatic N) is 2. The SMILES string of the molecule is Cc1ccc(C)c(N2C(=O)CS/C2=N/NC(=O)c2ccccc2Cl)c1. The van der Waals surface area contributed by atoms with Crippen molar-refractivity contribution in [2.45, 2.75) is 13.8 Å². The van der Waals surface area contributed by atoms with Crippen LogP contribution in [0.3, 0.4) is 0 Å². The number of hydrazone groups is 1. The molecule has 1 N–H and O–H groups in total. The Morgan fingerprint density at radius 1 is 1.24 bits per heavy atom. The number of carbonyl (C=O) groups excluding carboxylic acids is 2. The molecule has 0 atom stereocenters. The smallest absolute Gasteiger partial charge is 0.272 e. The van der Waals surface area contributed by atoms with Crippen molar-refractivity contribution in [1.82, 2.24) is 5.43 Å². The molecule has 0 saturated carbocycles. The van der Waals surface area contributed by atoms with Crippen LogP contribution in [0.25, 0.3) is 0 Å². The topological polar surface area (TPSA) is 61.8 Å². The van der Waals surface area contributed by atoms with Gasteiger partial charge in [-0.05, 0) is 43.2 Å². The highest BCUT2D eigenvalue weighted by atomic mass is 35.5. The van der Waals surface area contributed by atoms with Crippen molar-refractivity contribution < 1.29 is 9.59 Å². The van der Waals surface area contributed by atoms with Crippen molar-refractivity contribution in [3.05, 3.63) is 64.2 Å². The first-order chi connectivity index (χ1) is 12.0. The zero-order valence-electron chi connectivity index (χ0n) is 13.7. The summed E-state index contributed by atoms with van der Waals surface area (Å²) in [6, 6.07) is 12.6. The van der Waals surface area contributed by atoms with Gasteiger partial charge in [0.15, 0.2) is 5.17 Å². The van der Waals surface area contributed by atoms with Crippen molar-refractivity contribution in [2.24, 2.45) is 5.10 Å². The van der Waals surface area contributed by atoms with E-state index in [0.717, 1.165) is 16.8 Å². The Kier molecular flexibility index (Phi) is 5.11. The Labute approximate surface area is 155 Å². The number of benzene rings is 2. The summed E-state index contributed by atoms with van der Waals surface area (Å²) in [6.07, 6.45) is 0. The van der Waals surface area contributed by atoms with Crippen molar-refractivity contribution in [3.8, 4) is 0 Å². The van der Waals surface area contributed by atoms with Gasteiger partial charge in [-0.2, -0.15) is 0 Å². The van der Waals surface area contributed by atoms with E-state index >= 15 is 0 Å². The molecule has 0 radical (unpaired) electrons. The maximum Gasteiger partial charge on any atom is 0.272 e. The lowest BCUT2D eigenvalue weighted by Gasteiger charge is -2.19. The minimum absolute atomic E-state index is 0.0653. The van der Waals surface area contributed by atoms with Crippen LogP contribution in [0.1, 0.15) is 21.5 Å². The number of amidine groups is 1. The zero-order chi connectivity index (χ0) is 18.0. The van der Waals surface area contributed by atoms with E-state index in [-0.39, 0.29) is 11.7 Å². The Balaban J connectivity index is 1.87. The number of hydrogen-bond acceptors (Lipinski definition) is 4. The van der Waals surface area contributed by atoms with E-state index in [1.807, 2.05) is 32.0 Å². The monoisotopic (exact) mass is 373 g/mol. The van der Waals surface area contributed by atoms with Crippen LogP contribution in [-0.2, 0) is 4.79 Å². The van der Waals surface area contributed by atoms with Crippen LogP contribution in [0.5, 0.6) is 0 Å². The molecule has 1 saturated heterocycles. The first-order valence-electron chi connectivity index (χ1n) is 7.63. The maximum atomic E-state index is 12.3. The Morgan fingerprint density at radius 2 is 2.00 bits per heavy atom. The van der Waals surface area contributed by atoms with Crippen LogP contribution in [-0.4, -0.2) is 22.7 Å². The highest BCUT2D eigenvalue weighted by Gasteiger charge is 2.31. The van der Waals surface area contributed by atoms with Crippen molar-refractivity contribution in [1.29, 1.82) is 0 Å². The fourth-order valence-electron chi connectivity index (χ4n) is 2.45. The molecular weight excluding hydrogens is 358 g/mol. The molecule has 1 fully saturated rings. The first kappa shape index (κ1) is 17.5. The van der Waals surface area contributed by atoms with E-state index in [1.54, 1.807) is 29.2 Å². The number of rotatable bonds is 3. The molecular formula is C18H16ClN3O2S. The number of carbonyl (C=O) groups is 2. The third kappa shape index (κ3) is 3.70. The van der Waals surface area contributed by atoms with Crippen LogP contribution in [0, 0.1) is 13.8 Å². The lowest BCUT2D eigenvalue weighted by atomic mass is 10.1. The van der Waals surface area contributed by atoms with Gasteiger partial charge in [-0.1, -0.05) is 47.6 Å². The predicted octanol–water partition coefficient (Wildman–Crippen LogP) is 3.74. The minimum Gasteiger partial charge on any atom is -0.273 e. The molecule has 2 amide bonds. The van der Waals surface area contributed by atoms with Gasteiger partial charge < -0.3 is 0 Å². The minimum atomic E-state index is -0.418. The summed E-state index contributed by atoms with van der Waals surface area (Å²) in [4.78, 5) is 26.1. The number of amides is 2. The van der Waals surface area contributed by atoms with Gasteiger partial charge in [0.1, 0.15) is 0 Å². The molecule has 1 aliphatic rings. The lowest BCUT2D eigenvalue weighted by molar-refractivity contribution is -0.115. The fraction of sp³-hybridized carbons (Fsp3) is 0.167. The molecule has 2 aromatic carbocycles. The number of hydrogen-bond donors (Lipinski definition) is 1. The molecule has 5 nitrogen and oxygen atoms in total. The molecule has 0 spiro atoms. The van der Waals surface area contributed by atoms with Gasteiger partial charge in [-0.25, -0.2) is 5.43 Å². The molecule has 1 aliphatic heterocycles. The molecule has 3 rings (SSSR count). The van der Waals surface area contributed by atoms with Crippen LogP contribution in [0.4, 0.5) is 5.69 Å². The van der Waals surface area contributed by atoms with Crippen LogP contribution < -0.4 is 10.3 Å². The van der Waals surface area contributed by atoms with Gasteiger partial charge in [0, 0.05) is 0 Å².